The number of nitrogens with one attached hydrogen (secondary N) is 2. The third-order valence-electron chi connectivity index (χ3n) is 5.74. The van der Waals surface area contributed by atoms with Gasteiger partial charge in [-0.15, -0.1) is 0 Å². The van der Waals surface area contributed by atoms with E-state index in [-0.39, 0.29) is 11.8 Å². The number of hydrogen-bond donors (Lipinski definition) is 2. The molecule has 1 fully saturated rings. The molecular formula is C20H33N5O2. The third kappa shape index (κ3) is 4.34. The monoisotopic (exact) mass is 375 g/mol. The minimum Gasteiger partial charge on any atom is -0.357 e. The molecule has 2 N–H and O–H groups in total. The van der Waals surface area contributed by atoms with Gasteiger partial charge in [0.05, 0.1) is 5.69 Å². The average molecular weight is 376 g/mol. The summed E-state index contributed by atoms with van der Waals surface area (Å²) in [5.74, 6) is 1.45. The lowest BCUT2D eigenvalue weighted by Gasteiger charge is -2.27. The molecule has 1 aliphatic carbocycles. The summed E-state index contributed by atoms with van der Waals surface area (Å²) >= 11 is 0. The minimum atomic E-state index is -0.531. The van der Waals surface area contributed by atoms with Crippen LogP contribution in [-0.2, 0) is 17.9 Å². The van der Waals surface area contributed by atoms with Gasteiger partial charge in [-0.25, -0.2) is 4.98 Å². The van der Waals surface area contributed by atoms with Crippen molar-refractivity contribution in [2.75, 3.05) is 20.6 Å². The number of hydrogen-bond acceptors (Lipinski definition) is 4. The van der Waals surface area contributed by atoms with Crippen molar-refractivity contribution in [2.24, 2.45) is 5.92 Å². The standard InChI is InChI=1S/C20H33N5O2/c1-13(2)11-15(19(26)21-3)22-20(27)17-16-12-24(4)9-10-25(16)18(23-17)14-7-5-6-8-14/h13-15H,5-12H2,1-4H3,(H,21,26)(H,22,27)/t15-/m0/s1. The second-order valence-corrected chi connectivity index (χ2v) is 8.41. The summed E-state index contributed by atoms with van der Waals surface area (Å²) in [6, 6.07) is -0.531. The van der Waals surface area contributed by atoms with Crippen LogP contribution in [0.2, 0.25) is 0 Å². The number of fused-ring (bicyclic) bond motifs is 1. The fourth-order valence-corrected chi connectivity index (χ4v) is 4.30. The molecule has 3 rings (SSSR count). The van der Waals surface area contributed by atoms with Crippen LogP contribution in [0.3, 0.4) is 0 Å². The summed E-state index contributed by atoms with van der Waals surface area (Å²) in [6.45, 7) is 6.67. The maximum Gasteiger partial charge on any atom is 0.272 e. The van der Waals surface area contributed by atoms with Crippen molar-refractivity contribution in [3.63, 3.8) is 0 Å². The summed E-state index contributed by atoms with van der Waals surface area (Å²) in [5, 5.41) is 5.60. The first kappa shape index (κ1) is 19.9. The van der Waals surface area contributed by atoms with E-state index >= 15 is 0 Å². The van der Waals surface area contributed by atoms with E-state index in [1.807, 2.05) is 13.8 Å². The number of rotatable bonds is 6. The first-order valence-electron chi connectivity index (χ1n) is 10.2. The number of carbonyl (C=O) groups is 2. The predicted octanol–water partition coefficient (Wildman–Crippen LogP) is 1.88. The first-order chi connectivity index (χ1) is 12.9. The van der Waals surface area contributed by atoms with Crippen molar-refractivity contribution in [3.05, 3.63) is 17.2 Å². The van der Waals surface area contributed by atoms with Gasteiger partial charge in [0.2, 0.25) is 5.91 Å². The Morgan fingerprint density at radius 3 is 2.56 bits per heavy atom. The van der Waals surface area contributed by atoms with Crippen LogP contribution in [0.5, 0.6) is 0 Å². The molecule has 2 aliphatic rings. The van der Waals surface area contributed by atoms with Crippen molar-refractivity contribution in [2.45, 2.75) is 71.0 Å². The SMILES string of the molecule is CNC(=O)[C@H](CC(C)C)NC(=O)c1nc(C2CCCC2)n2c1CN(C)CC2. The van der Waals surface area contributed by atoms with E-state index in [1.54, 1.807) is 7.05 Å². The molecular weight excluding hydrogens is 342 g/mol. The van der Waals surface area contributed by atoms with Gasteiger partial charge < -0.3 is 15.2 Å². The molecule has 2 heterocycles. The summed E-state index contributed by atoms with van der Waals surface area (Å²) in [6.07, 6.45) is 5.39. The first-order valence-corrected chi connectivity index (χ1v) is 10.2. The lowest BCUT2D eigenvalue weighted by molar-refractivity contribution is -0.122. The highest BCUT2D eigenvalue weighted by Crippen LogP contribution is 2.35. The van der Waals surface area contributed by atoms with Gasteiger partial charge in [0, 0.05) is 32.6 Å². The van der Waals surface area contributed by atoms with Gasteiger partial charge in [0.15, 0.2) is 5.69 Å². The van der Waals surface area contributed by atoms with Crippen molar-refractivity contribution < 1.29 is 9.59 Å². The lowest BCUT2D eigenvalue weighted by atomic mass is 10.0. The van der Waals surface area contributed by atoms with E-state index in [0.29, 0.717) is 24.0 Å². The van der Waals surface area contributed by atoms with Gasteiger partial charge in [-0.2, -0.15) is 0 Å². The van der Waals surface area contributed by atoms with Crippen LogP contribution in [0, 0.1) is 5.92 Å². The van der Waals surface area contributed by atoms with Gasteiger partial charge in [0.25, 0.3) is 5.91 Å². The van der Waals surface area contributed by atoms with E-state index in [9.17, 15) is 9.59 Å². The van der Waals surface area contributed by atoms with Crippen LogP contribution in [0.1, 0.15) is 73.9 Å². The quantitative estimate of drug-likeness (QED) is 0.796. The van der Waals surface area contributed by atoms with Crippen LogP contribution in [0.15, 0.2) is 0 Å². The Kier molecular flexibility index (Phi) is 6.19. The molecule has 1 saturated carbocycles. The second kappa shape index (κ2) is 8.42. The molecule has 2 amide bonds. The summed E-state index contributed by atoms with van der Waals surface area (Å²) < 4.78 is 2.27. The number of carbonyl (C=O) groups excluding carboxylic acids is 2. The lowest BCUT2D eigenvalue weighted by Crippen LogP contribution is -2.46. The van der Waals surface area contributed by atoms with E-state index in [1.165, 1.54) is 12.8 Å². The van der Waals surface area contributed by atoms with E-state index in [2.05, 4.69) is 27.1 Å². The molecule has 1 atom stereocenters. The molecule has 0 spiro atoms. The Bertz CT molecular complexity index is 691. The van der Waals surface area contributed by atoms with Gasteiger partial charge in [-0.1, -0.05) is 26.7 Å². The Morgan fingerprint density at radius 2 is 1.93 bits per heavy atom. The largest absolute Gasteiger partial charge is 0.357 e. The molecule has 1 aliphatic heterocycles. The zero-order valence-electron chi connectivity index (χ0n) is 17.0. The fourth-order valence-electron chi connectivity index (χ4n) is 4.30. The Hall–Kier alpha value is -1.89. The maximum atomic E-state index is 13.1. The normalized spacial score (nSPS) is 19.1. The molecule has 0 radical (unpaired) electrons. The number of amides is 2. The van der Waals surface area contributed by atoms with Crippen molar-refractivity contribution in [3.8, 4) is 0 Å². The zero-order valence-corrected chi connectivity index (χ0v) is 17.0. The smallest absolute Gasteiger partial charge is 0.272 e. The number of aromatic nitrogens is 2. The number of nitrogens with zero attached hydrogens (tertiary/aromatic N) is 3. The molecule has 0 aromatic carbocycles. The summed E-state index contributed by atoms with van der Waals surface area (Å²) in [7, 11) is 3.67. The number of likely N-dealkylation sites (N-methyl/N-ethyl adjacent to an activating group) is 2. The molecule has 27 heavy (non-hydrogen) atoms. The summed E-state index contributed by atoms with van der Waals surface area (Å²) in [5.41, 5.74) is 1.49. The fraction of sp³-hybridized carbons (Fsp3) is 0.750. The van der Waals surface area contributed by atoms with Crippen LogP contribution < -0.4 is 10.6 Å². The van der Waals surface area contributed by atoms with Crippen LogP contribution in [0.4, 0.5) is 0 Å². The van der Waals surface area contributed by atoms with Crippen molar-refractivity contribution in [1.82, 2.24) is 25.1 Å². The average Bonchev–Trinajstić information content (AvgIpc) is 3.27. The van der Waals surface area contributed by atoms with E-state index < -0.39 is 6.04 Å². The van der Waals surface area contributed by atoms with Crippen LogP contribution in [0.25, 0.3) is 0 Å². The second-order valence-electron chi connectivity index (χ2n) is 8.41. The van der Waals surface area contributed by atoms with Crippen LogP contribution >= 0.6 is 0 Å². The molecule has 7 heteroatoms. The van der Waals surface area contributed by atoms with Gasteiger partial charge in [-0.3, -0.25) is 14.5 Å². The third-order valence-corrected chi connectivity index (χ3v) is 5.74. The maximum absolute atomic E-state index is 13.1. The van der Waals surface area contributed by atoms with E-state index in [4.69, 9.17) is 4.98 Å². The van der Waals surface area contributed by atoms with E-state index in [0.717, 1.165) is 44.0 Å². The van der Waals surface area contributed by atoms with Gasteiger partial charge in [0.1, 0.15) is 11.9 Å². The van der Waals surface area contributed by atoms with Crippen molar-refractivity contribution in [1.29, 1.82) is 0 Å². The topological polar surface area (TPSA) is 79.3 Å². The molecule has 1 aromatic heterocycles. The highest BCUT2D eigenvalue weighted by Gasteiger charge is 2.32. The Morgan fingerprint density at radius 1 is 1.22 bits per heavy atom. The summed E-state index contributed by atoms with van der Waals surface area (Å²) in [4.78, 5) is 32.3. The van der Waals surface area contributed by atoms with Gasteiger partial charge >= 0.3 is 0 Å². The molecule has 0 saturated heterocycles. The Labute approximate surface area is 161 Å². The molecule has 150 valence electrons. The molecule has 1 aromatic rings. The molecule has 7 nitrogen and oxygen atoms in total. The van der Waals surface area contributed by atoms with Gasteiger partial charge in [-0.05, 0) is 32.2 Å². The zero-order chi connectivity index (χ0) is 19.6. The minimum absolute atomic E-state index is 0.154. The highest BCUT2D eigenvalue weighted by molar-refractivity contribution is 5.97. The molecule has 0 bridgehead atoms. The van der Waals surface area contributed by atoms with Crippen LogP contribution in [-0.4, -0.2) is 52.9 Å². The highest BCUT2D eigenvalue weighted by atomic mass is 16.2. The number of imidazole rings is 1. The molecule has 0 unspecified atom stereocenters. The predicted molar refractivity (Wildman–Crippen MR) is 105 cm³/mol. The Balaban J connectivity index is 1.88. The van der Waals surface area contributed by atoms with Crippen molar-refractivity contribution >= 4 is 11.8 Å².